The Kier molecular flexibility index (Phi) is 7.90. The molecule has 146 valence electrons. The Bertz CT molecular complexity index is 568. The molecule has 0 radical (unpaired) electrons. The van der Waals surface area contributed by atoms with Crippen molar-refractivity contribution in [1.82, 2.24) is 0 Å². The fourth-order valence-electron chi connectivity index (χ4n) is 3.00. The number of alkyl halides is 3. The Labute approximate surface area is 151 Å². The third-order valence-electron chi connectivity index (χ3n) is 4.43. The number of rotatable bonds is 8. The number of methoxy groups -OCH3 is 1. The molecular weight excluding hydrogens is 349 g/mol. The maximum Gasteiger partial charge on any atom is 0.416 e. The molecule has 1 aliphatic heterocycles. The molecule has 0 N–H and O–H groups in total. The highest BCUT2D eigenvalue weighted by atomic mass is 19.4. The molecule has 0 spiro atoms. The highest BCUT2D eigenvalue weighted by Gasteiger charge is 2.32. The van der Waals surface area contributed by atoms with Crippen molar-refractivity contribution in [2.75, 3.05) is 20.3 Å². The summed E-state index contributed by atoms with van der Waals surface area (Å²) in [5.41, 5.74) is -0.440. The Hall–Kier alpha value is -1.60. The molecule has 1 aromatic carbocycles. The molecule has 2 rings (SSSR count). The summed E-state index contributed by atoms with van der Waals surface area (Å²) >= 11 is 0. The number of ether oxygens (including phenoxy) is 3. The van der Waals surface area contributed by atoms with Crippen molar-refractivity contribution >= 4 is 5.97 Å². The number of carbonyl (C=O) groups is 1. The van der Waals surface area contributed by atoms with Crippen LogP contribution in [0, 0.1) is 0 Å². The SMILES string of the molecule is COC(=O)C(CCCCOC1CCCCO1)c1cccc(C(F)(F)F)c1. The summed E-state index contributed by atoms with van der Waals surface area (Å²) in [7, 11) is 1.24. The number of carbonyl (C=O) groups excluding carboxylic acids is 1. The Morgan fingerprint density at radius 2 is 2.12 bits per heavy atom. The number of unbranched alkanes of at least 4 members (excludes halogenated alkanes) is 1. The number of hydrogen-bond acceptors (Lipinski definition) is 4. The fraction of sp³-hybridized carbons (Fsp3) is 0.632. The zero-order valence-corrected chi connectivity index (χ0v) is 14.9. The van der Waals surface area contributed by atoms with Gasteiger partial charge in [0, 0.05) is 13.2 Å². The maximum absolute atomic E-state index is 12.9. The van der Waals surface area contributed by atoms with Crippen LogP contribution in [0.2, 0.25) is 0 Å². The minimum atomic E-state index is -4.44. The van der Waals surface area contributed by atoms with Crippen LogP contribution in [0.3, 0.4) is 0 Å². The van der Waals surface area contributed by atoms with E-state index in [9.17, 15) is 18.0 Å². The van der Waals surface area contributed by atoms with Gasteiger partial charge in [-0.15, -0.1) is 0 Å². The fourth-order valence-corrected chi connectivity index (χ4v) is 3.00. The van der Waals surface area contributed by atoms with Gasteiger partial charge in [0.15, 0.2) is 6.29 Å². The molecule has 26 heavy (non-hydrogen) atoms. The summed E-state index contributed by atoms with van der Waals surface area (Å²) < 4.78 is 54.6. The average Bonchev–Trinajstić information content (AvgIpc) is 2.64. The average molecular weight is 374 g/mol. The number of esters is 1. The first kappa shape index (κ1) is 20.7. The van der Waals surface area contributed by atoms with Gasteiger partial charge in [-0.25, -0.2) is 0 Å². The molecule has 0 bridgehead atoms. The zero-order valence-electron chi connectivity index (χ0n) is 14.9. The molecule has 1 fully saturated rings. The lowest BCUT2D eigenvalue weighted by Gasteiger charge is -2.22. The van der Waals surface area contributed by atoms with E-state index in [2.05, 4.69) is 0 Å². The number of halogens is 3. The molecule has 2 unspecified atom stereocenters. The van der Waals surface area contributed by atoms with Gasteiger partial charge in [-0.1, -0.05) is 18.2 Å². The summed E-state index contributed by atoms with van der Waals surface area (Å²) in [6, 6.07) is 4.87. The quantitative estimate of drug-likeness (QED) is 0.490. The van der Waals surface area contributed by atoms with Gasteiger partial charge in [0.1, 0.15) is 0 Å². The van der Waals surface area contributed by atoms with Crippen LogP contribution in [0.5, 0.6) is 0 Å². The van der Waals surface area contributed by atoms with Crippen molar-refractivity contribution in [3.05, 3.63) is 35.4 Å². The molecule has 1 aliphatic rings. The molecule has 1 saturated heterocycles. The largest absolute Gasteiger partial charge is 0.469 e. The third-order valence-corrected chi connectivity index (χ3v) is 4.43. The van der Waals surface area contributed by atoms with E-state index in [1.165, 1.54) is 19.2 Å². The molecule has 0 aliphatic carbocycles. The first-order chi connectivity index (χ1) is 12.4. The molecule has 0 amide bonds. The lowest BCUT2D eigenvalue weighted by Crippen LogP contribution is -2.22. The predicted octanol–water partition coefficient (Wildman–Crippen LogP) is 4.68. The van der Waals surface area contributed by atoms with Crippen LogP contribution >= 0.6 is 0 Å². The van der Waals surface area contributed by atoms with Gasteiger partial charge in [-0.2, -0.15) is 13.2 Å². The molecular formula is C19H25F3O4. The van der Waals surface area contributed by atoms with Crippen molar-refractivity contribution in [1.29, 1.82) is 0 Å². The topological polar surface area (TPSA) is 44.8 Å². The van der Waals surface area contributed by atoms with Gasteiger partial charge < -0.3 is 14.2 Å². The van der Waals surface area contributed by atoms with Gasteiger partial charge in [0.25, 0.3) is 0 Å². The van der Waals surface area contributed by atoms with E-state index in [-0.39, 0.29) is 6.29 Å². The van der Waals surface area contributed by atoms with Gasteiger partial charge in [-0.3, -0.25) is 4.79 Å². The molecule has 0 saturated carbocycles. The first-order valence-corrected chi connectivity index (χ1v) is 8.90. The minimum absolute atomic E-state index is 0.163. The summed E-state index contributed by atoms with van der Waals surface area (Å²) in [4.78, 5) is 12.0. The molecule has 2 atom stereocenters. The van der Waals surface area contributed by atoms with Gasteiger partial charge in [0.05, 0.1) is 18.6 Å². The molecule has 1 aromatic rings. The Balaban J connectivity index is 1.88. The summed E-state index contributed by atoms with van der Waals surface area (Å²) in [5.74, 6) is -1.24. The van der Waals surface area contributed by atoms with Crippen molar-refractivity contribution in [3.8, 4) is 0 Å². The van der Waals surface area contributed by atoms with Crippen molar-refractivity contribution in [2.24, 2.45) is 0 Å². The van der Waals surface area contributed by atoms with Crippen LogP contribution in [0.1, 0.15) is 55.6 Å². The van der Waals surface area contributed by atoms with Gasteiger partial charge in [0.2, 0.25) is 0 Å². The minimum Gasteiger partial charge on any atom is -0.469 e. The van der Waals surface area contributed by atoms with Crippen LogP contribution in [0.4, 0.5) is 13.2 Å². The van der Waals surface area contributed by atoms with Crippen molar-refractivity contribution in [2.45, 2.75) is 56.9 Å². The smallest absolute Gasteiger partial charge is 0.416 e. The molecule has 0 aromatic heterocycles. The van der Waals surface area contributed by atoms with Crippen molar-refractivity contribution < 1.29 is 32.2 Å². The number of benzene rings is 1. The lowest BCUT2D eigenvalue weighted by molar-refractivity contribution is -0.163. The highest BCUT2D eigenvalue weighted by molar-refractivity contribution is 5.78. The van der Waals surface area contributed by atoms with Crippen LogP contribution in [0.15, 0.2) is 24.3 Å². The normalized spacial score (nSPS) is 19.2. The van der Waals surface area contributed by atoms with E-state index >= 15 is 0 Å². The van der Waals surface area contributed by atoms with E-state index < -0.39 is 23.6 Å². The van der Waals surface area contributed by atoms with Crippen LogP contribution < -0.4 is 0 Å². The second-order valence-corrected chi connectivity index (χ2v) is 6.36. The third kappa shape index (κ3) is 6.29. The van der Waals surface area contributed by atoms with Crippen LogP contribution in [-0.2, 0) is 25.2 Å². The molecule has 1 heterocycles. The predicted molar refractivity (Wildman–Crippen MR) is 89.6 cm³/mol. The second-order valence-electron chi connectivity index (χ2n) is 6.36. The standard InChI is InChI=1S/C19H25F3O4/c1-24-18(23)16(14-7-6-8-15(13-14)19(20,21)22)9-2-4-11-25-17-10-3-5-12-26-17/h6-8,13,16-17H,2-5,9-12H2,1H3. The Morgan fingerprint density at radius 3 is 2.77 bits per heavy atom. The summed E-state index contributed by atoms with van der Waals surface area (Å²) in [6.45, 7) is 1.21. The van der Waals surface area contributed by atoms with Crippen LogP contribution in [-0.4, -0.2) is 32.6 Å². The van der Waals surface area contributed by atoms with E-state index in [0.29, 0.717) is 38.0 Å². The van der Waals surface area contributed by atoms with E-state index in [1.807, 2.05) is 0 Å². The maximum atomic E-state index is 12.9. The molecule has 4 nitrogen and oxygen atoms in total. The zero-order chi connectivity index (χ0) is 19.0. The van der Waals surface area contributed by atoms with Gasteiger partial charge >= 0.3 is 12.1 Å². The van der Waals surface area contributed by atoms with E-state index in [0.717, 1.165) is 31.4 Å². The summed E-state index contributed by atoms with van der Waals surface area (Å²) in [6.07, 6.45) is 0.170. The monoisotopic (exact) mass is 374 g/mol. The van der Waals surface area contributed by atoms with Gasteiger partial charge in [-0.05, 0) is 50.2 Å². The van der Waals surface area contributed by atoms with Crippen LogP contribution in [0.25, 0.3) is 0 Å². The molecule has 7 heteroatoms. The van der Waals surface area contributed by atoms with Crippen molar-refractivity contribution in [3.63, 3.8) is 0 Å². The highest BCUT2D eigenvalue weighted by Crippen LogP contribution is 2.32. The second kappa shape index (κ2) is 9.92. The Morgan fingerprint density at radius 1 is 1.31 bits per heavy atom. The lowest BCUT2D eigenvalue weighted by atomic mass is 9.92. The first-order valence-electron chi connectivity index (χ1n) is 8.90. The van der Waals surface area contributed by atoms with E-state index in [1.54, 1.807) is 0 Å². The summed E-state index contributed by atoms with van der Waals surface area (Å²) in [5, 5.41) is 0. The van der Waals surface area contributed by atoms with E-state index in [4.69, 9.17) is 14.2 Å². The number of hydrogen-bond donors (Lipinski definition) is 0.